The van der Waals surface area contributed by atoms with Crippen LogP contribution in [0.15, 0.2) is 12.2 Å². The van der Waals surface area contributed by atoms with E-state index in [4.69, 9.17) is 14.2 Å². The number of rotatable bonds is 46. The Labute approximate surface area is 354 Å². The van der Waals surface area contributed by atoms with Crippen LogP contribution in [0.25, 0.3) is 0 Å². The van der Waals surface area contributed by atoms with E-state index in [2.05, 4.69) is 32.9 Å². The SMILES string of the molecule is CCCCCCCCC=CCCCCCCCC(=O)OCC(COC(=O)CCCCCCCCCCCCCCC)OC(=O)CCCCCCCCCCCCC. The molecule has 0 spiro atoms. The maximum atomic E-state index is 12.7. The summed E-state index contributed by atoms with van der Waals surface area (Å²) in [4.78, 5) is 37.8. The predicted molar refractivity (Wildman–Crippen MR) is 243 cm³/mol. The Morgan fingerprint density at radius 3 is 0.877 bits per heavy atom. The number of ether oxygens (including phenoxy) is 3. The number of carbonyl (C=O) groups excluding carboxylic acids is 3. The second-order valence-corrected chi connectivity index (χ2v) is 17.1. The summed E-state index contributed by atoms with van der Waals surface area (Å²) in [5.74, 6) is -0.863. The lowest BCUT2D eigenvalue weighted by Crippen LogP contribution is -2.30. The van der Waals surface area contributed by atoms with E-state index in [1.54, 1.807) is 0 Å². The van der Waals surface area contributed by atoms with Crippen LogP contribution in [0.1, 0.15) is 278 Å². The van der Waals surface area contributed by atoms with Crippen molar-refractivity contribution in [1.29, 1.82) is 0 Å². The molecule has 0 radical (unpaired) electrons. The van der Waals surface area contributed by atoms with Gasteiger partial charge in [0.05, 0.1) is 0 Å². The van der Waals surface area contributed by atoms with Gasteiger partial charge in [0.15, 0.2) is 6.10 Å². The summed E-state index contributed by atoms with van der Waals surface area (Å²) < 4.78 is 16.8. The van der Waals surface area contributed by atoms with Crippen LogP contribution in [0, 0.1) is 0 Å². The van der Waals surface area contributed by atoms with Crippen molar-refractivity contribution in [3.63, 3.8) is 0 Å². The fourth-order valence-corrected chi connectivity index (χ4v) is 7.44. The van der Waals surface area contributed by atoms with E-state index in [0.29, 0.717) is 19.3 Å². The molecule has 6 nitrogen and oxygen atoms in total. The summed E-state index contributed by atoms with van der Waals surface area (Å²) >= 11 is 0. The standard InChI is InChI=1S/C51H96O6/c1-4-7-10-13-16-19-22-24-25-27-30-32-35-38-41-44-50(53)56-47-48(57-51(54)45-42-39-36-33-28-21-18-15-12-9-6-3)46-55-49(52)43-40-37-34-31-29-26-23-20-17-14-11-8-5-2/h24-25,48H,4-23,26-47H2,1-3H3. The lowest BCUT2D eigenvalue weighted by Gasteiger charge is -2.18. The molecule has 6 heteroatoms. The van der Waals surface area contributed by atoms with Gasteiger partial charge in [-0.05, 0) is 44.9 Å². The second kappa shape index (κ2) is 46.8. The van der Waals surface area contributed by atoms with E-state index in [9.17, 15) is 14.4 Å². The third-order valence-corrected chi connectivity index (χ3v) is 11.3. The first-order valence-corrected chi connectivity index (χ1v) is 25.2. The van der Waals surface area contributed by atoms with Gasteiger partial charge in [-0.2, -0.15) is 0 Å². The minimum Gasteiger partial charge on any atom is -0.462 e. The van der Waals surface area contributed by atoms with E-state index in [0.717, 1.165) is 64.2 Å². The molecule has 0 fully saturated rings. The molecule has 336 valence electrons. The second-order valence-electron chi connectivity index (χ2n) is 17.1. The summed E-state index contributed by atoms with van der Waals surface area (Å²) in [6.07, 6.45) is 50.4. The first-order valence-electron chi connectivity index (χ1n) is 25.2. The number of allylic oxidation sites excluding steroid dienone is 2. The van der Waals surface area contributed by atoms with Crippen molar-refractivity contribution < 1.29 is 28.6 Å². The van der Waals surface area contributed by atoms with Crippen LogP contribution in [0.4, 0.5) is 0 Å². The summed E-state index contributed by atoms with van der Waals surface area (Å²) in [7, 11) is 0. The van der Waals surface area contributed by atoms with Crippen LogP contribution in [0.3, 0.4) is 0 Å². The van der Waals surface area contributed by atoms with E-state index in [1.807, 2.05) is 0 Å². The Balaban J connectivity index is 4.32. The number of carbonyl (C=O) groups is 3. The number of unbranched alkanes of at least 4 members (excludes halogenated alkanes) is 33. The Hall–Kier alpha value is -1.85. The molecule has 0 aliphatic heterocycles. The zero-order valence-electron chi connectivity index (χ0n) is 38.4. The first-order chi connectivity index (χ1) is 28.0. The van der Waals surface area contributed by atoms with Gasteiger partial charge in [0, 0.05) is 19.3 Å². The van der Waals surface area contributed by atoms with Crippen LogP contribution in [0.2, 0.25) is 0 Å². The molecular formula is C51H96O6. The molecular weight excluding hydrogens is 709 g/mol. The summed E-state index contributed by atoms with van der Waals surface area (Å²) in [5.41, 5.74) is 0. The predicted octanol–water partition coefficient (Wildman–Crippen LogP) is 16.2. The Morgan fingerprint density at radius 2 is 0.579 bits per heavy atom. The van der Waals surface area contributed by atoms with Crippen LogP contribution < -0.4 is 0 Å². The molecule has 0 aromatic rings. The molecule has 0 N–H and O–H groups in total. The van der Waals surface area contributed by atoms with Crippen molar-refractivity contribution in [3.8, 4) is 0 Å². The molecule has 0 heterocycles. The van der Waals surface area contributed by atoms with Gasteiger partial charge >= 0.3 is 17.9 Å². The quantitative estimate of drug-likeness (QED) is 0.0264. The van der Waals surface area contributed by atoms with Gasteiger partial charge in [0.2, 0.25) is 0 Å². The van der Waals surface area contributed by atoms with Crippen molar-refractivity contribution in [2.45, 2.75) is 284 Å². The van der Waals surface area contributed by atoms with Gasteiger partial charge in [-0.1, -0.05) is 226 Å². The topological polar surface area (TPSA) is 78.9 Å². The molecule has 0 saturated carbocycles. The maximum absolute atomic E-state index is 12.7. The van der Waals surface area contributed by atoms with E-state index < -0.39 is 6.10 Å². The van der Waals surface area contributed by atoms with Crippen molar-refractivity contribution in [2.24, 2.45) is 0 Å². The smallest absolute Gasteiger partial charge is 0.306 e. The molecule has 1 unspecified atom stereocenters. The molecule has 0 aromatic heterocycles. The normalized spacial score (nSPS) is 12.0. The highest BCUT2D eigenvalue weighted by Gasteiger charge is 2.19. The number of esters is 3. The van der Waals surface area contributed by atoms with Crippen LogP contribution in [0.5, 0.6) is 0 Å². The molecule has 0 aromatic carbocycles. The molecule has 0 saturated heterocycles. The summed E-state index contributed by atoms with van der Waals surface area (Å²) in [6.45, 7) is 6.64. The zero-order chi connectivity index (χ0) is 41.5. The van der Waals surface area contributed by atoms with Crippen molar-refractivity contribution in [3.05, 3.63) is 12.2 Å². The Morgan fingerprint density at radius 1 is 0.333 bits per heavy atom. The highest BCUT2D eigenvalue weighted by molar-refractivity contribution is 5.71. The average Bonchev–Trinajstić information content (AvgIpc) is 3.21. The Bertz CT molecular complexity index is 885. The monoisotopic (exact) mass is 805 g/mol. The highest BCUT2D eigenvalue weighted by Crippen LogP contribution is 2.16. The molecule has 0 rings (SSSR count). The largest absolute Gasteiger partial charge is 0.462 e. The summed E-state index contributed by atoms with van der Waals surface area (Å²) in [5, 5.41) is 0. The molecule has 0 amide bonds. The molecule has 0 bridgehead atoms. The lowest BCUT2D eigenvalue weighted by atomic mass is 10.0. The van der Waals surface area contributed by atoms with E-state index in [-0.39, 0.29) is 31.1 Å². The minimum absolute atomic E-state index is 0.0675. The van der Waals surface area contributed by atoms with Crippen molar-refractivity contribution in [2.75, 3.05) is 13.2 Å². The van der Waals surface area contributed by atoms with E-state index in [1.165, 1.54) is 173 Å². The maximum Gasteiger partial charge on any atom is 0.306 e. The minimum atomic E-state index is -0.765. The van der Waals surface area contributed by atoms with Crippen LogP contribution >= 0.6 is 0 Å². The zero-order valence-corrected chi connectivity index (χ0v) is 38.4. The van der Waals surface area contributed by atoms with Crippen LogP contribution in [-0.2, 0) is 28.6 Å². The fraction of sp³-hybridized carbons (Fsp3) is 0.902. The third kappa shape index (κ3) is 45.1. The van der Waals surface area contributed by atoms with Gasteiger partial charge < -0.3 is 14.2 Å². The van der Waals surface area contributed by atoms with Gasteiger partial charge in [-0.25, -0.2) is 0 Å². The lowest BCUT2D eigenvalue weighted by molar-refractivity contribution is -0.167. The van der Waals surface area contributed by atoms with Gasteiger partial charge in [-0.3, -0.25) is 14.4 Å². The summed E-state index contributed by atoms with van der Waals surface area (Å²) in [6, 6.07) is 0. The van der Waals surface area contributed by atoms with Crippen molar-refractivity contribution >= 4 is 17.9 Å². The van der Waals surface area contributed by atoms with Gasteiger partial charge in [0.25, 0.3) is 0 Å². The highest BCUT2D eigenvalue weighted by atomic mass is 16.6. The molecule has 57 heavy (non-hydrogen) atoms. The third-order valence-electron chi connectivity index (χ3n) is 11.3. The van der Waals surface area contributed by atoms with Crippen molar-refractivity contribution in [1.82, 2.24) is 0 Å². The van der Waals surface area contributed by atoms with Crippen LogP contribution in [-0.4, -0.2) is 37.2 Å². The first kappa shape index (κ1) is 55.2. The molecule has 0 aliphatic rings. The fourth-order valence-electron chi connectivity index (χ4n) is 7.44. The average molecular weight is 805 g/mol. The van der Waals surface area contributed by atoms with E-state index >= 15 is 0 Å². The van der Waals surface area contributed by atoms with Gasteiger partial charge in [0.1, 0.15) is 13.2 Å². The molecule has 0 aliphatic carbocycles. The number of hydrogen-bond acceptors (Lipinski definition) is 6. The number of hydrogen-bond donors (Lipinski definition) is 0. The molecule has 1 atom stereocenters. The van der Waals surface area contributed by atoms with Gasteiger partial charge in [-0.15, -0.1) is 0 Å². The Kier molecular flexibility index (Phi) is 45.3.